The zero-order valence-corrected chi connectivity index (χ0v) is 20.5. The monoisotopic (exact) mass is 505 g/mol. The van der Waals surface area contributed by atoms with Crippen LogP contribution in [-0.2, 0) is 5.75 Å². The van der Waals surface area contributed by atoms with Crippen molar-refractivity contribution in [2.45, 2.75) is 10.9 Å². The van der Waals surface area contributed by atoms with E-state index in [1.54, 1.807) is 20.3 Å². The van der Waals surface area contributed by atoms with Crippen LogP contribution in [-0.4, -0.2) is 39.1 Å². The molecule has 0 aliphatic carbocycles. The highest BCUT2D eigenvalue weighted by atomic mass is 35.5. The molecule has 2 heterocycles. The Balaban J connectivity index is 1.42. The molecule has 5 rings (SSSR count). The fourth-order valence-electron chi connectivity index (χ4n) is 3.49. The fraction of sp³-hybridized carbons (Fsp3) is 0.120. The maximum Gasteiger partial charge on any atom is 0.237 e. The van der Waals surface area contributed by atoms with Crippen LogP contribution in [0.5, 0.6) is 11.5 Å². The molecule has 0 radical (unpaired) electrons. The lowest BCUT2D eigenvalue weighted by atomic mass is 10.2. The average Bonchev–Trinajstić information content (AvgIpc) is 3.55. The molecule has 0 fully saturated rings. The van der Waals surface area contributed by atoms with Gasteiger partial charge in [-0.15, -0.1) is 10.2 Å². The van der Waals surface area contributed by atoms with E-state index in [1.165, 1.54) is 11.8 Å². The highest BCUT2D eigenvalue weighted by molar-refractivity contribution is 7.98. The van der Waals surface area contributed by atoms with Gasteiger partial charge >= 0.3 is 0 Å². The van der Waals surface area contributed by atoms with Gasteiger partial charge in [0.05, 0.1) is 25.5 Å². The molecular formula is C25H20ClN5O3S. The normalized spacial score (nSPS) is 10.9. The van der Waals surface area contributed by atoms with Crippen molar-refractivity contribution in [2.75, 3.05) is 14.2 Å². The molecule has 0 atom stereocenters. The summed E-state index contributed by atoms with van der Waals surface area (Å²) in [5, 5.41) is 14.4. The number of halogens is 1. The Labute approximate surface area is 210 Å². The van der Waals surface area contributed by atoms with E-state index in [-0.39, 0.29) is 0 Å². The number of aromatic nitrogens is 5. The topological polar surface area (TPSA) is 88.1 Å². The third-order valence-corrected chi connectivity index (χ3v) is 6.36. The van der Waals surface area contributed by atoms with Crippen LogP contribution in [0.1, 0.15) is 5.89 Å². The quantitative estimate of drug-likeness (QED) is 0.239. The van der Waals surface area contributed by atoms with Crippen molar-refractivity contribution in [3.05, 3.63) is 83.7 Å². The zero-order valence-electron chi connectivity index (χ0n) is 18.9. The first-order valence-electron chi connectivity index (χ1n) is 10.6. The molecule has 0 aliphatic heterocycles. The SMILES string of the molecule is COc1ccc(-c2noc(CSc3nnc(-c4ccc(Cl)cc4)n3-c3ccccc3)n2)c(OC)c1. The largest absolute Gasteiger partial charge is 0.497 e. The number of thioether (sulfide) groups is 1. The van der Waals surface area contributed by atoms with Gasteiger partial charge in [-0.2, -0.15) is 4.98 Å². The molecule has 0 spiro atoms. The van der Waals surface area contributed by atoms with E-state index in [0.717, 1.165) is 11.3 Å². The first kappa shape index (κ1) is 22.9. The second-order valence-corrected chi connectivity index (χ2v) is 8.73. The summed E-state index contributed by atoms with van der Waals surface area (Å²) >= 11 is 7.53. The molecule has 0 amide bonds. The number of rotatable bonds is 8. The van der Waals surface area contributed by atoms with Crippen molar-refractivity contribution in [3.8, 4) is 40.0 Å². The molecular weight excluding hydrogens is 486 g/mol. The molecule has 8 nitrogen and oxygen atoms in total. The Morgan fingerprint density at radius 3 is 2.49 bits per heavy atom. The van der Waals surface area contributed by atoms with E-state index in [2.05, 4.69) is 20.3 Å². The fourth-order valence-corrected chi connectivity index (χ4v) is 4.41. The molecule has 0 saturated heterocycles. The number of methoxy groups -OCH3 is 2. The number of para-hydroxylation sites is 1. The van der Waals surface area contributed by atoms with E-state index in [0.29, 0.717) is 50.5 Å². The Kier molecular flexibility index (Phi) is 6.69. The predicted octanol–water partition coefficient (Wildman–Crippen LogP) is 5.95. The van der Waals surface area contributed by atoms with Crippen LogP contribution in [0, 0.1) is 0 Å². The Hall–Kier alpha value is -3.82. The number of benzene rings is 3. The van der Waals surface area contributed by atoms with Gasteiger partial charge in [0, 0.05) is 22.3 Å². The summed E-state index contributed by atoms with van der Waals surface area (Å²) in [4.78, 5) is 4.55. The molecule has 10 heteroatoms. The Morgan fingerprint density at radius 1 is 0.943 bits per heavy atom. The molecule has 176 valence electrons. The highest BCUT2D eigenvalue weighted by Gasteiger charge is 2.19. The van der Waals surface area contributed by atoms with Crippen molar-refractivity contribution in [2.24, 2.45) is 0 Å². The highest BCUT2D eigenvalue weighted by Crippen LogP contribution is 2.33. The van der Waals surface area contributed by atoms with Crippen LogP contribution in [0.4, 0.5) is 0 Å². The molecule has 2 aromatic heterocycles. The summed E-state index contributed by atoms with van der Waals surface area (Å²) in [6.07, 6.45) is 0. The van der Waals surface area contributed by atoms with Crippen molar-refractivity contribution in [1.29, 1.82) is 0 Å². The summed E-state index contributed by atoms with van der Waals surface area (Å²) < 4.78 is 18.2. The molecule has 0 saturated carbocycles. The molecule has 0 aliphatic rings. The first-order chi connectivity index (χ1) is 17.2. The second kappa shape index (κ2) is 10.2. The first-order valence-corrected chi connectivity index (χ1v) is 12.0. The smallest absolute Gasteiger partial charge is 0.237 e. The van der Waals surface area contributed by atoms with Crippen LogP contribution in [0.3, 0.4) is 0 Å². The van der Waals surface area contributed by atoms with Crippen molar-refractivity contribution >= 4 is 23.4 Å². The van der Waals surface area contributed by atoms with E-state index < -0.39 is 0 Å². The van der Waals surface area contributed by atoms with E-state index in [9.17, 15) is 0 Å². The van der Waals surface area contributed by atoms with Crippen LogP contribution in [0.25, 0.3) is 28.5 Å². The van der Waals surface area contributed by atoms with Gasteiger partial charge in [0.2, 0.25) is 11.7 Å². The van der Waals surface area contributed by atoms with Crippen molar-refractivity contribution < 1.29 is 14.0 Å². The third-order valence-electron chi connectivity index (χ3n) is 5.19. The van der Waals surface area contributed by atoms with E-state index in [4.69, 9.17) is 25.6 Å². The molecule has 0 N–H and O–H groups in total. The van der Waals surface area contributed by atoms with Gasteiger partial charge in [-0.25, -0.2) is 0 Å². The predicted molar refractivity (Wildman–Crippen MR) is 134 cm³/mol. The molecule has 0 unspecified atom stereocenters. The van der Waals surface area contributed by atoms with Gasteiger partial charge in [-0.05, 0) is 48.5 Å². The van der Waals surface area contributed by atoms with Gasteiger partial charge in [0.15, 0.2) is 11.0 Å². The van der Waals surface area contributed by atoms with Crippen LogP contribution in [0.15, 0.2) is 82.5 Å². The minimum Gasteiger partial charge on any atom is -0.497 e. The summed E-state index contributed by atoms with van der Waals surface area (Å²) in [5.41, 5.74) is 2.56. The zero-order chi connectivity index (χ0) is 24.2. The van der Waals surface area contributed by atoms with E-state index >= 15 is 0 Å². The summed E-state index contributed by atoms with van der Waals surface area (Å²) in [7, 11) is 3.19. The molecule has 3 aromatic carbocycles. The number of hydrogen-bond acceptors (Lipinski definition) is 8. The lowest BCUT2D eigenvalue weighted by Gasteiger charge is -2.10. The third kappa shape index (κ3) is 4.87. The average molecular weight is 506 g/mol. The number of hydrogen-bond donors (Lipinski definition) is 0. The number of nitrogens with zero attached hydrogens (tertiary/aromatic N) is 5. The Morgan fingerprint density at radius 2 is 1.74 bits per heavy atom. The van der Waals surface area contributed by atoms with Crippen molar-refractivity contribution in [3.63, 3.8) is 0 Å². The minimum atomic E-state index is 0.414. The van der Waals surface area contributed by atoms with Crippen LogP contribution < -0.4 is 9.47 Å². The summed E-state index contributed by atoms with van der Waals surface area (Å²) in [6.45, 7) is 0. The molecule has 0 bridgehead atoms. The second-order valence-electron chi connectivity index (χ2n) is 7.35. The van der Waals surface area contributed by atoms with Gasteiger partial charge in [-0.3, -0.25) is 4.57 Å². The van der Waals surface area contributed by atoms with Gasteiger partial charge in [0.25, 0.3) is 0 Å². The lowest BCUT2D eigenvalue weighted by Crippen LogP contribution is -1.99. The maximum absolute atomic E-state index is 6.07. The van der Waals surface area contributed by atoms with Gasteiger partial charge in [0.1, 0.15) is 11.5 Å². The summed E-state index contributed by atoms with van der Waals surface area (Å²) in [6, 6.07) is 22.9. The maximum atomic E-state index is 6.07. The Bertz CT molecular complexity index is 1440. The number of ether oxygens (including phenoxy) is 2. The molecule has 35 heavy (non-hydrogen) atoms. The standard InChI is InChI=1S/C25H20ClN5O3S/c1-32-19-12-13-20(21(14-19)33-2)23-27-22(34-30-23)15-35-25-29-28-24(16-8-10-17(26)11-9-16)31(25)18-6-4-3-5-7-18/h3-14H,15H2,1-2H3. The summed E-state index contributed by atoms with van der Waals surface area (Å²) in [5.74, 6) is 3.30. The van der Waals surface area contributed by atoms with Gasteiger partial charge < -0.3 is 14.0 Å². The van der Waals surface area contributed by atoms with Crippen LogP contribution in [0.2, 0.25) is 5.02 Å². The van der Waals surface area contributed by atoms with Crippen molar-refractivity contribution in [1.82, 2.24) is 24.9 Å². The minimum absolute atomic E-state index is 0.414. The van der Waals surface area contributed by atoms with Crippen LogP contribution >= 0.6 is 23.4 Å². The molecule has 5 aromatic rings. The van der Waals surface area contributed by atoms with Gasteiger partial charge in [-0.1, -0.05) is 46.7 Å². The van der Waals surface area contributed by atoms with E-state index in [1.807, 2.05) is 71.3 Å². The lowest BCUT2D eigenvalue weighted by molar-refractivity contribution is 0.388.